The molecule has 0 saturated carbocycles. The summed E-state index contributed by atoms with van der Waals surface area (Å²) in [5, 5.41) is 15.4. The van der Waals surface area contributed by atoms with Crippen molar-refractivity contribution in [2.45, 2.75) is 43.8 Å². The maximum Gasteiger partial charge on any atom is 0.282 e. The number of hydrogen-bond donors (Lipinski definition) is 4. The molecule has 3 aromatic rings. The van der Waals surface area contributed by atoms with Gasteiger partial charge in [0.15, 0.2) is 0 Å². The summed E-state index contributed by atoms with van der Waals surface area (Å²) in [6.45, 7) is 1.97. The second kappa shape index (κ2) is 15.5. The van der Waals surface area contributed by atoms with Gasteiger partial charge < -0.3 is 30.5 Å². The van der Waals surface area contributed by atoms with E-state index in [-0.39, 0.29) is 74.4 Å². The molecule has 15 nitrogen and oxygen atoms in total. The van der Waals surface area contributed by atoms with Gasteiger partial charge in [0.1, 0.15) is 17.1 Å². The van der Waals surface area contributed by atoms with Gasteiger partial charge in [-0.2, -0.15) is 5.10 Å². The Bertz CT molecular complexity index is 1920. The minimum Gasteiger partial charge on any atom is -0.379 e. The fourth-order valence-corrected chi connectivity index (χ4v) is 7.23. The van der Waals surface area contributed by atoms with E-state index in [1.54, 1.807) is 43.6 Å². The number of aryl methyl sites for hydroxylation is 1. The van der Waals surface area contributed by atoms with E-state index in [2.05, 4.69) is 54.2 Å². The van der Waals surface area contributed by atoms with Gasteiger partial charge >= 0.3 is 0 Å². The number of aromatic nitrogens is 2. The summed E-state index contributed by atoms with van der Waals surface area (Å²) in [5.41, 5.74) is 3.69. The summed E-state index contributed by atoms with van der Waals surface area (Å²) in [6, 6.07) is 11.8. The van der Waals surface area contributed by atoms with E-state index in [0.29, 0.717) is 32.5 Å². The molecule has 51 heavy (non-hydrogen) atoms. The van der Waals surface area contributed by atoms with Crippen LogP contribution in [0, 0.1) is 0 Å². The molecule has 268 valence electrons. The van der Waals surface area contributed by atoms with Crippen LogP contribution in [-0.4, -0.2) is 101 Å². The number of anilines is 2. The summed E-state index contributed by atoms with van der Waals surface area (Å²) in [6.07, 6.45) is 2.93. The van der Waals surface area contributed by atoms with Crippen molar-refractivity contribution in [1.82, 2.24) is 30.2 Å². The summed E-state index contributed by atoms with van der Waals surface area (Å²) in [5.74, 6) is -1.54. The van der Waals surface area contributed by atoms with Crippen LogP contribution in [0.4, 0.5) is 11.4 Å². The lowest BCUT2D eigenvalue weighted by Crippen LogP contribution is -2.52. The van der Waals surface area contributed by atoms with Crippen molar-refractivity contribution in [3.63, 3.8) is 0 Å². The molecule has 16 heteroatoms. The molecule has 3 atom stereocenters. The van der Waals surface area contributed by atoms with Crippen LogP contribution in [0.15, 0.2) is 57.9 Å². The van der Waals surface area contributed by atoms with Crippen LogP contribution in [0.2, 0.25) is 0 Å². The van der Waals surface area contributed by atoms with Crippen LogP contribution in [0.3, 0.4) is 0 Å². The largest absolute Gasteiger partial charge is 0.379 e. The first-order chi connectivity index (χ1) is 24.5. The summed E-state index contributed by atoms with van der Waals surface area (Å²) in [4.78, 5) is 77.9. The van der Waals surface area contributed by atoms with Gasteiger partial charge in [-0.3, -0.25) is 34.1 Å². The SMILES string of the molecule is CN1C[C@H](Nc2cnn(C)c(=O)c2Br)C[C@H](c2ccc(C(=O)NCCOCC(=O)Nc3ccc4c(c3)CN(C3CCC(=O)NC3=O)C4=O)cc2)C1. The second-order valence-electron chi connectivity index (χ2n) is 13.0. The van der Waals surface area contributed by atoms with Crippen molar-refractivity contribution in [2.75, 3.05) is 50.5 Å². The highest BCUT2D eigenvalue weighted by Crippen LogP contribution is 2.31. The van der Waals surface area contributed by atoms with Crippen LogP contribution in [0.25, 0.3) is 0 Å². The normalized spacial score (nSPS) is 20.5. The van der Waals surface area contributed by atoms with E-state index < -0.39 is 17.9 Å². The van der Waals surface area contributed by atoms with Crippen LogP contribution in [0.5, 0.6) is 0 Å². The first kappa shape index (κ1) is 35.9. The lowest BCUT2D eigenvalue weighted by molar-refractivity contribution is -0.137. The van der Waals surface area contributed by atoms with Crippen molar-refractivity contribution in [3.8, 4) is 0 Å². The first-order valence-corrected chi connectivity index (χ1v) is 17.5. The molecular weight excluding hydrogens is 724 g/mol. The highest BCUT2D eigenvalue weighted by Gasteiger charge is 2.39. The number of carbonyl (C=O) groups is 5. The molecular formula is C35H39BrN8O7. The number of halogens is 1. The Morgan fingerprint density at radius 3 is 2.61 bits per heavy atom. The number of ether oxygens (including phenoxy) is 1. The van der Waals surface area contributed by atoms with E-state index in [4.69, 9.17) is 4.74 Å². The number of likely N-dealkylation sites (N-methyl/N-ethyl adjacent to an activating group) is 1. The predicted molar refractivity (Wildman–Crippen MR) is 190 cm³/mol. The molecule has 5 amide bonds. The van der Waals surface area contributed by atoms with Crippen LogP contribution < -0.4 is 26.8 Å². The Hall–Kier alpha value is -4.93. The zero-order chi connectivity index (χ0) is 36.2. The van der Waals surface area contributed by atoms with E-state index in [1.807, 2.05) is 12.1 Å². The number of piperidine rings is 2. The van der Waals surface area contributed by atoms with Gasteiger partial charge in [0.2, 0.25) is 17.7 Å². The summed E-state index contributed by atoms with van der Waals surface area (Å²) in [7, 11) is 3.66. The van der Waals surface area contributed by atoms with Gasteiger partial charge in [0, 0.05) is 62.5 Å². The zero-order valence-corrected chi connectivity index (χ0v) is 29.8. The van der Waals surface area contributed by atoms with Crippen molar-refractivity contribution in [3.05, 3.63) is 85.7 Å². The smallest absolute Gasteiger partial charge is 0.282 e. The monoisotopic (exact) mass is 762 g/mol. The number of hydrogen-bond acceptors (Lipinski definition) is 10. The van der Waals surface area contributed by atoms with Crippen molar-refractivity contribution in [2.24, 2.45) is 7.05 Å². The van der Waals surface area contributed by atoms with Gasteiger partial charge in [0.25, 0.3) is 17.4 Å². The summed E-state index contributed by atoms with van der Waals surface area (Å²) < 4.78 is 7.19. The molecule has 0 radical (unpaired) electrons. The average Bonchev–Trinajstić information content (AvgIpc) is 3.42. The molecule has 6 rings (SSSR count). The Morgan fingerprint density at radius 2 is 1.84 bits per heavy atom. The molecule has 0 spiro atoms. The Kier molecular flexibility index (Phi) is 10.9. The van der Waals surface area contributed by atoms with Gasteiger partial charge in [-0.15, -0.1) is 0 Å². The fourth-order valence-electron chi connectivity index (χ4n) is 6.76. The van der Waals surface area contributed by atoms with Crippen molar-refractivity contribution < 1.29 is 28.7 Å². The van der Waals surface area contributed by atoms with Gasteiger partial charge in [-0.1, -0.05) is 12.1 Å². The van der Waals surface area contributed by atoms with E-state index in [0.717, 1.165) is 25.1 Å². The maximum atomic E-state index is 12.9. The first-order valence-electron chi connectivity index (χ1n) is 16.7. The van der Waals surface area contributed by atoms with E-state index in [1.165, 1.54) is 9.58 Å². The molecule has 2 aromatic carbocycles. The number of rotatable bonds is 11. The van der Waals surface area contributed by atoms with E-state index >= 15 is 0 Å². The van der Waals surface area contributed by atoms with Crippen molar-refractivity contribution in [1.29, 1.82) is 0 Å². The molecule has 0 aliphatic carbocycles. The lowest BCUT2D eigenvalue weighted by atomic mass is 9.87. The molecule has 1 aromatic heterocycles. The third-order valence-corrected chi connectivity index (χ3v) is 10.1. The Labute approximate surface area is 302 Å². The predicted octanol–water partition coefficient (Wildman–Crippen LogP) is 1.59. The highest BCUT2D eigenvalue weighted by molar-refractivity contribution is 9.10. The second-order valence-corrected chi connectivity index (χ2v) is 13.8. The molecule has 4 N–H and O–H groups in total. The number of carbonyl (C=O) groups excluding carboxylic acids is 5. The molecule has 3 aliphatic rings. The molecule has 1 unspecified atom stereocenters. The Morgan fingerprint density at radius 1 is 1.06 bits per heavy atom. The average molecular weight is 764 g/mol. The van der Waals surface area contributed by atoms with Crippen LogP contribution >= 0.6 is 15.9 Å². The molecule has 2 saturated heterocycles. The van der Waals surface area contributed by atoms with Gasteiger partial charge in [-0.05, 0) is 83.2 Å². The minimum absolute atomic E-state index is 0.0981. The number of amides is 5. The molecule has 3 aliphatic heterocycles. The third kappa shape index (κ3) is 8.35. The number of fused-ring (bicyclic) bond motifs is 1. The maximum absolute atomic E-state index is 12.9. The number of likely N-dealkylation sites (tertiary alicyclic amines) is 1. The fraction of sp³-hybridized carbons (Fsp3) is 0.400. The van der Waals surface area contributed by atoms with Crippen LogP contribution in [-0.2, 0) is 32.7 Å². The number of imide groups is 1. The van der Waals surface area contributed by atoms with Gasteiger partial charge in [0.05, 0.1) is 18.5 Å². The zero-order valence-electron chi connectivity index (χ0n) is 28.2. The Balaban J connectivity index is 0.921. The molecule has 2 fully saturated rings. The molecule has 0 bridgehead atoms. The quantitative estimate of drug-likeness (QED) is 0.165. The van der Waals surface area contributed by atoms with Crippen LogP contribution in [0.1, 0.15) is 57.0 Å². The van der Waals surface area contributed by atoms with Crippen molar-refractivity contribution >= 4 is 56.8 Å². The minimum atomic E-state index is -0.712. The summed E-state index contributed by atoms with van der Waals surface area (Å²) >= 11 is 3.38. The standard InChI is InChI=1S/C35H39BrN8O7/c1-42-16-22(13-25(18-42)39-27-15-38-43(2)35(50)31(27)36)20-3-5-21(6-4-20)32(47)37-11-12-51-19-30(46)40-24-7-8-26-23(14-24)17-44(34(26)49)28-9-10-29(45)41-33(28)48/h3-8,14-15,22,25,28,39H,9-13,16-19H2,1-2H3,(H,37,47)(H,40,46)(H,41,45,48)/t22-,25+,28?/m0/s1. The molecule has 4 heterocycles. The van der Waals surface area contributed by atoms with E-state index in [9.17, 15) is 28.8 Å². The topological polar surface area (TPSA) is 184 Å². The van der Waals surface area contributed by atoms with Gasteiger partial charge in [-0.25, -0.2) is 4.68 Å². The third-order valence-electron chi connectivity index (χ3n) is 9.29. The lowest BCUT2D eigenvalue weighted by Gasteiger charge is -2.37. The number of nitrogens with zero attached hydrogens (tertiary/aromatic N) is 4. The number of benzene rings is 2. The highest BCUT2D eigenvalue weighted by atomic mass is 79.9. The number of nitrogens with one attached hydrogen (secondary N) is 4.